The van der Waals surface area contributed by atoms with Crippen LogP contribution in [0.2, 0.25) is 0 Å². The Bertz CT molecular complexity index is 673. The first-order chi connectivity index (χ1) is 9.36. The van der Waals surface area contributed by atoms with E-state index in [2.05, 4.69) is 0 Å². The van der Waals surface area contributed by atoms with Crippen LogP contribution in [-0.4, -0.2) is 54.2 Å². The van der Waals surface area contributed by atoms with Gasteiger partial charge in [0.1, 0.15) is 10.6 Å². The highest BCUT2D eigenvalue weighted by molar-refractivity contribution is 7.89. The number of aryl methyl sites for hydroxylation is 1. The molecule has 0 radical (unpaired) electrons. The maximum atomic E-state index is 12.4. The third-order valence-electron chi connectivity index (χ3n) is 3.01. The maximum absolute atomic E-state index is 12.4. The molecule has 0 spiro atoms. The van der Waals surface area contributed by atoms with E-state index in [1.807, 2.05) is 6.07 Å². The van der Waals surface area contributed by atoms with Gasteiger partial charge < -0.3 is 14.4 Å². The lowest BCUT2D eigenvalue weighted by Crippen LogP contribution is -2.44. The molecule has 1 aromatic heterocycles. The first kappa shape index (κ1) is 14.5. The average Bonchev–Trinajstić information content (AvgIpc) is 2.82. The maximum Gasteiger partial charge on any atom is 0.352 e. The van der Waals surface area contributed by atoms with E-state index in [1.54, 1.807) is 0 Å². The molecule has 0 saturated carbocycles. The van der Waals surface area contributed by atoms with E-state index in [0.29, 0.717) is 0 Å². The highest BCUT2D eigenvalue weighted by Crippen LogP contribution is 2.20. The summed E-state index contributed by atoms with van der Waals surface area (Å²) in [5.41, 5.74) is -0.117. The summed E-state index contributed by atoms with van der Waals surface area (Å²) in [6.45, 7) is 0.212. The quantitative estimate of drug-likeness (QED) is 0.815. The molecule has 1 fully saturated rings. The van der Waals surface area contributed by atoms with Crippen molar-refractivity contribution in [3.63, 3.8) is 0 Å². The van der Waals surface area contributed by atoms with Crippen LogP contribution in [0.25, 0.3) is 0 Å². The lowest BCUT2D eigenvalue weighted by Gasteiger charge is -2.28. The van der Waals surface area contributed by atoms with Gasteiger partial charge in [-0.3, -0.25) is 0 Å². The number of nitriles is 1. The van der Waals surface area contributed by atoms with Gasteiger partial charge in [-0.05, 0) is 6.07 Å². The van der Waals surface area contributed by atoms with Crippen LogP contribution in [0.5, 0.6) is 0 Å². The normalized spacial score (nSPS) is 20.5. The second-order valence-corrected chi connectivity index (χ2v) is 6.27. The predicted octanol–water partition coefficient (Wildman–Crippen LogP) is -0.364. The van der Waals surface area contributed by atoms with E-state index in [4.69, 9.17) is 15.1 Å². The van der Waals surface area contributed by atoms with Gasteiger partial charge in [-0.1, -0.05) is 0 Å². The highest BCUT2D eigenvalue weighted by Gasteiger charge is 2.32. The summed E-state index contributed by atoms with van der Waals surface area (Å²) < 4.78 is 32.2. The van der Waals surface area contributed by atoms with Gasteiger partial charge in [0, 0.05) is 19.8 Å². The van der Waals surface area contributed by atoms with E-state index in [0.717, 1.165) is 10.4 Å². The molecular formula is C11H13N3O5S. The number of ether oxygens (including phenoxy) is 1. The van der Waals surface area contributed by atoms with Crippen molar-refractivity contribution in [1.29, 1.82) is 5.26 Å². The van der Waals surface area contributed by atoms with Crippen LogP contribution in [0, 0.1) is 11.3 Å². The Kier molecular flexibility index (Phi) is 3.80. The molecule has 1 atom stereocenters. The van der Waals surface area contributed by atoms with Crippen LogP contribution in [0.3, 0.4) is 0 Å². The topological polar surface area (TPSA) is 113 Å². The number of aromatic nitrogens is 1. The lowest BCUT2D eigenvalue weighted by atomic mass is 10.3. The van der Waals surface area contributed by atoms with Crippen molar-refractivity contribution in [3.8, 4) is 6.07 Å². The molecule has 2 heterocycles. The Labute approximate surface area is 115 Å². The minimum atomic E-state index is -3.82. The van der Waals surface area contributed by atoms with Gasteiger partial charge >= 0.3 is 5.97 Å². The number of rotatable bonds is 3. The summed E-state index contributed by atoms with van der Waals surface area (Å²) in [5, 5.41) is 17.7. The van der Waals surface area contributed by atoms with Gasteiger partial charge in [0.05, 0.1) is 19.2 Å². The first-order valence-corrected chi connectivity index (χ1v) is 7.21. The van der Waals surface area contributed by atoms with Gasteiger partial charge in [-0.2, -0.15) is 9.57 Å². The monoisotopic (exact) mass is 299 g/mol. The molecule has 2 rings (SSSR count). The van der Waals surface area contributed by atoms with Gasteiger partial charge in [0.2, 0.25) is 10.0 Å². The number of carbonyl (C=O) groups is 1. The van der Waals surface area contributed by atoms with Crippen LogP contribution < -0.4 is 0 Å². The summed E-state index contributed by atoms with van der Waals surface area (Å²) in [6.07, 6.45) is 0.441. The molecule has 1 N–H and O–H groups in total. The highest BCUT2D eigenvalue weighted by atomic mass is 32.2. The largest absolute Gasteiger partial charge is 0.477 e. The van der Waals surface area contributed by atoms with Crippen molar-refractivity contribution < 1.29 is 23.1 Å². The zero-order valence-electron chi connectivity index (χ0n) is 10.7. The van der Waals surface area contributed by atoms with E-state index in [1.165, 1.54) is 17.8 Å². The molecule has 1 aliphatic rings. The third kappa shape index (κ3) is 2.53. The van der Waals surface area contributed by atoms with Crippen molar-refractivity contribution in [2.24, 2.45) is 7.05 Å². The average molecular weight is 299 g/mol. The first-order valence-electron chi connectivity index (χ1n) is 5.77. The zero-order chi connectivity index (χ0) is 14.9. The predicted molar refractivity (Wildman–Crippen MR) is 66.5 cm³/mol. The number of carboxylic acid groups (broad SMARTS) is 1. The summed E-state index contributed by atoms with van der Waals surface area (Å²) >= 11 is 0. The second-order valence-electron chi connectivity index (χ2n) is 4.33. The fraction of sp³-hybridized carbons (Fsp3) is 0.455. The summed E-state index contributed by atoms with van der Waals surface area (Å²) in [6, 6.07) is 2.97. The van der Waals surface area contributed by atoms with Gasteiger partial charge in [-0.25, -0.2) is 13.2 Å². The van der Waals surface area contributed by atoms with Crippen molar-refractivity contribution >= 4 is 16.0 Å². The summed E-state index contributed by atoms with van der Waals surface area (Å²) in [4.78, 5) is 10.8. The van der Waals surface area contributed by atoms with Crippen molar-refractivity contribution in [2.45, 2.75) is 11.0 Å². The number of hydrogen-bond acceptors (Lipinski definition) is 5. The van der Waals surface area contributed by atoms with Crippen molar-refractivity contribution in [1.82, 2.24) is 8.87 Å². The number of morpholine rings is 1. The molecule has 9 heteroatoms. The number of carboxylic acids is 1. The van der Waals surface area contributed by atoms with Crippen LogP contribution in [0.1, 0.15) is 10.5 Å². The van der Waals surface area contributed by atoms with E-state index in [-0.39, 0.29) is 30.3 Å². The number of aromatic carboxylic acids is 1. The standard InChI is InChI=1S/C11H13N3O5S/c1-13-7-9(4-10(13)11(15)16)20(17,18)14-2-3-19-8(5-12)6-14/h4,7-8H,2-3,6H2,1H3,(H,15,16). The molecule has 20 heavy (non-hydrogen) atoms. The minimum Gasteiger partial charge on any atom is -0.477 e. The smallest absolute Gasteiger partial charge is 0.352 e. The fourth-order valence-corrected chi connectivity index (χ4v) is 3.46. The molecule has 1 unspecified atom stereocenters. The van der Waals surface area contributed by atoms with Gasteiger partial charge in [0.25, 0.3) is 0 Å². The molecule has 1 aromatic rings. The van der Waals surface area contributed by atoms with Gasteiger partial charge in [0.15, 0.2) is 6.10 Å². The van der Waals surface area contributed by atoms with Crippen molar-refractivity contribution in [2.75, 3.05) is 19.7 Å². The fourth-order valence-electron chi connectivity index (χ4n) is 1.96. The Morgan fingerprint density at radius 1 is 1.60 bits per heavy atom. The minimum absolute atomic E-state index is 0.0594. The molecule has 108 valence electrons. The van der Waals surface area contributed by atoms with Crippen LogP contribution >= 0.6 is 0 Å². The summed E-state index contributed by atoms with van der Waals surface area (Å²) in [5.74, 6) is -1.20. The van der Waals surface area contributed by atoms with Crippen LogP contribution in [0.15, 0.2) is 17.2 Å². The Hall–Kier alpha value is -1.89. The molecule has 0 bridgehead atoms. The van der Waals surface area contributed by atoms with Crippen molar-refractivity contribution in [3.05, 3.63) is 18.0 Å². The molecule has 0 amide bonds. The molecule has 0 aromatic carbocycles. The van der Waals surface area contributed by atoms with Crippen LogP contribution in [0.4, 0.5) is 0 Å². The van der Waals surface area contributed by atoms with Gasteiger partial charge in [-0.15, -0.1) is 0 Å². The number of sulfonamides is 1. The molecule has 1 aliphatic heterocycles. The number of hydrogen-bond donors (Lipinski definition) is 1. The Balaban J connectivity index is 2.33. The zero-order valence-corrected chi connectivity index (χ0v) is 11.5. The Morgan fingerprint density at radius 2 is 2.30 bits per heavy atom. The molecule has 1 saturated heterocycles. The Morgan fingerprint density at radius 3 is 2.85 bits per heavy atom. The SMILES string of the molecule is Cn1cc(S(=O)(=O)N2CCOC(C#N)C2)cc1C(=O)O. The third-order valence-corrected chi connectivity index (χ3v) is 4.84. The van der Waals surface area contributed by atoms with E-state index in [9.17, 15) is 13.2 Å². The second kappa shape index (κ2) is 5.24. The van der Waals surface area contributed by atoms with E-state index >= 15 is 0 Å². The van der Waals surface area contributed by atoms with Crippen LogP contribution in [-0.2, 0) is 21.8 Å². The number of nitrogens with zero attached hydrogens (tertiary/aromatic N) is 3. The molecule has 8 nitrogen and oxygen atoms in total. The summed E-state index contributed by atoms with van der Waals surface area (Å²) in [7, 11) is -2.36. The molecular weight excluding hydrogens is 286 g/mol. The van der Waals surface area contributed by atoms with E-state index < -0.39 is 22.1 Å². The molecule has 0 aliphatic carbocycles. The lowest BCUT2D eigenvalue weighted by molar-refractivity contribution is 0.0311.